The van der Waals surface area contributed by atoms with Crippen LogP contribution in [0.4, 0.5) is 11.4 Å². The Bertz CT molecular complexity index is 1090. The van der Waals surface area contributed by atoms with E-state index in [9.17, 15) is 9.59 Å². The van der Waals surface area contributed by atoms with Gasteiger partial charge in [0.1, 0.15) is 0 Å². The molecule has 2 aromatic carbocycles. The number of nitrogens with zero attached hydrogens (tertiary/aromatic N) is 2. The number of piperazine rings is 1. The van der Waals surface area contributed by atoms with Crippen molar-refractivity contribution >= 4 is 52.1 Å². The van der Waals surface area contributed by atoms with Gasteiger partial charge in [-0.15, -0.1) is 0 Å². The van der Waals surface area contributed by atoms with Crippen LogP contribution in [0.5, 0.6) is 11.5 Å². The Hall–Kier alpha value is -3.04. The lowest BCUT2D eigenvalue weighted by Crippen LogP contribution is -2.50. The highest BCUT2D eigenvalue weighted by Gasteiger charge is 2.25. The van der Waals surface area contributed by atoms with Gasteiger partial charge < -0.3 is 24.6 Å². The van der Waals surface area contributed by atoms with Crippen molar-refractivity contribution in [3.63, 3.8) is 0 Å². The van der Waals surface area contributed by atoms with Gasteiger partial charge in [-0.1, -0.05) is 31.5 Å². The van der Waals surface area contributed by atoms with Crippen LogP contribution >= 0.6 is 23.8 Å². The SMILES string of the molecule is CC(C)C(=O)N1CCN(c2c(Cl)cccc2NC(=S)NC(=O)c2ccc3c(c2)OCO3)CC1. The van der Waals surface area contributed by atoms with Crippen molar-refractivity contribution < 1.29 is 19.1 Å². The lowest BCUT2D eigenvalue weighted by atomic mass is 10.1. The Labute approximate surface area is 202 Å². The molecule has 2 aliphatic heterocycles. The molecule has 0 radical (unpaired) electrons. The summed E-state index contributed by atoms with van der Waals surface area (Å²) in [6.07, 6.45) is 0. The number of anilines is 2. The van der Waals surface area contributed by atoms with E-state index < -0.39 is 0 Å². The monoisotopic (exact) mass is 488 g/mol. The van der Waals surface area contributed by atoms with Gasteiger partial charge in [-0.3, -0.25) is 14.9 Å². The standard InChI is InChI=1S/C23H25ClN4O4S/c1-14(2)22(30)28-10-8-27(9-11-28)20-16(24)4-3-5-17(20)25-23(33)26-21(29)15-6-7-18-19(12-15)32-13-31-18/h3-7,12,14H,8-11,13H2,1-2H3,(H2,25,26,29,33). The molecule has 10 heteroatoms. The second-order valence-electron chi connectivity index (χ2n) is 8.08. The first-order valence-electron chi connectivity index (χ1n) is 10.7. The van der Waals surface area contributed by atoms with E-state index in [2.05, 4.69) is 15.5 Å². The maximum Gasteiger partial charge on any atom is 0.257 e. The molecule has 2 heterocycles. The largest absolute Gasteiger partial charge is 0.454 e. The fourth-order valence-electron chi connectivity index (χ4n) is 3.82. The number of ether oxygens (including phenoxy) is 2. The number of nitrogens with one attached hydrogen (secondary N) is 2. The minimum atomic E-state index is -0.366. The van der Waals surface area contributed by atoms with Crippen LogP contribution < -0.4 is 25.0 Å². The molecule has 0 atom stereocenters. The van der Waals surface area contributed by atoms with Crippen LogP contribution in [0.15, 0.2) is 36.4 Å². The maximum atomic E-state index is 12.6. The predicted octanol–water partition coefficient (Wildman–Crippen LogP) is 3.50. The molecular weight excluding hydrogens is 464 g/mol. The maximum absolute atomic E-state index is 12.6. The van der Waals surface area contributed by atoms with Gasteiger partial charge in [0.25, 0.3) is 5.91 Å². The van der Waals surface area contributed by atoms with Crippen LogP contribution in [0.2, 0.25) is 5.02 Å². The van der Waals surface area contributed by atoms with Crippen molar-refractivity contribution in [1.29, 1.82) is 0 Å². The number of carbonyl (C=O) groups excluding carboxylic acids is 2. The van der Waals surface area contributed by atoms with Gasteiger partial charge in [0.2, 0.25) is 12.7 Å². The molecular formula is C23H25ClN4O4S. The number of carbonyl (C=O) groups is 2. The summed E-state index contributed by atoms with van der Waals surface area (Å²) in [4.78, 5) is 28.9. The number of thiocarbonyl (C=S) groups is 1. The van der Waals surface area contributed by atoms with Crippen molar-refractivity contribution in [3.8, 4) is 11.5 Å². The molecule has 2 N–H and O–H groups in total. The molecule has 1 fully saturated rings. The highest BCUT2D eigenvalue weighted by atomic mass is 35.5. The van der Waals surface area contributed by atoms with Gasteiger partial charge in [-0.2, -0.15) is 0 Å². The molecule has 0 aromatic heterocycles. The minimum absolute atomic E-state index is 0.0279. The summed E-state index contributed by atoms with van der Waals surface area (Å²) < 4.78 is 10.6. The molecule has 0 unspecified atom stereocenters. The summed E-state index contributed by atoms with van der Waals surface area (Å²) in [5.74, 6) is 0.884. The molecule has 0 aliphatic carbocycles. The highest BCUT2D eigenvalue weighted by Crippen LogP contribution is 2.35. The minimum Gasteiger partial charge on any atom is -0.454 e. The van der Waals surface area contributed by atoms with Crippen molar-refractivity contribution in [1.82, 2.24) is 10.2 Å². The van der Waals surface area contributed by atoms with E-state index in [0.29, 0.717) is 54.0 Å². The van der Waals surface area contributed by atoms with E-state index in [1.54, 1.807) is 18.2 Å². The first-order chi connectivity index (χ1) is 15.8. The third kappa shape index (κ3) is 5.15. The zero-order valence-corrected chi connectivity index (χ0v) is 20.0. The van der Waals surface area contributed by atoms with Crippen LogP contribution in [-0.4, -0.2) is 54.8 Å². The number of hydrogen-bond donors (Lipinski definition) is 2. The van der Waals surface area contributed by atoms with Gasteiger partial charge in [0.05, 0.1) is 16.4 Å². The first-order valence-corrected chi connectivity index (χ1v) is 11.5. The number of benzene rings is 2. The zero-order valence-electron chi connectivity index (χ0n) is 18.4. The van der Waals surface area contributed by atoms with Crippen LogP contribution in [0.25, 0.3) is 0 Å². The van der Waals surface area contributed by atoms with Crippen LogP contribution in [0.3, 0.4) is 0 Å². The number of amides is 2. The van der Waals surface area contributed by atoms with E-state index in [1.807, 2.05) is 36.9 Å². The smallest absolute Gasteiger partial charge is 0.257 e. The normalized spacial score (nSPS) is 14.9. The molecule has 4 rings (SSSR count). The number of fused-ring (bicyclic) bond motifs is 1. The fourth-order valence-corrected chi connectivity index (χ4v) is 4.32. The molecule has 33 heavy (non-hydrogen) atoms. The molecule has 2 aromatic rings. The van der Waals surface area contributed by atoms with E-state index in [0.717, 1.165) is 5.69 Å². The van der Waals surface area contributed by atoms with E-state index in [1.165, 1.54) is 0 Å². The van der Waals surface area contributed by atoms with Crippen LogP contribution in [0.1, 0.15) is 24.2 Å². The van der Waals surface area contributed by atoms with Crippen molar-refractivity contribution in [2.75, 3.05) is 43.2 Å². The van der Waals surface area contributed by atoms with Gasteiger partial charge in [0, 0.05) is 37.7 Å². The van der Waals surface area contributed by atoms with Gasteiger partial charge in [-0.05, 0) is 42.5 Å². The zero-order chi connectivity index (χ0) is 23.5. The topological polar surface area (TPSA) is 83.1 Å². The second kappa shape index (κ2) is 9.84. The first kappa shape index (κ1) is 23.1. The summed E-state index contributed by atoms with van der Waals surface area (Å²) in [5.41, 5.74) is 1.87. The Balaban J connectivity index is 1.42. The number of halogens is 1. The molecule has 0 spiro atoms. The van der Waals surface area contributed by atoms with E-state index >= 15 is 0 Å². The van der Waals surface area contributed by atoms with Crippen molar-refractivity contribution in [3.05, 3.63) is 47.0 Å². The summed E-state index contributed by atoms with van der Waals surface area (Å²) in [6, 6.07) is 10.4. The summed E-state index contributed by atoms with van der Waals surface area (Å²) in [7, 11) is 0. The summed E-state index contributed by atoms with van der Waals surface area (Å²) in [6.45, 7) is 6.48. The Morgan fingerprint density at radius 3 is 2.52 bits per heavy atom. The highest BCUT2D eigenvalue weighted by molar-refractivity contribution is 7.80. The third-order valence-corrected chi connectivity index (χ3v) is 6.01. The number of hydrogen-bond acceptors (Lipinski definition) is 6. The lowest BCUT2D eigenvalue weighted by molar-refractivity contribution is -0.134. The second-order valence-corrected chi connectivity index (χ2v) is 8.89. The Morgan fingerprint density at radius 2 is 1.79 bits per heavy atom. The van der Waals surface area contributed by atoms with Crippen LogP contribution in [0, 0.1) is 5.92 Å². The van der Waals surface area contributed by atoms with Gasteiger partial charge in [-0.25, -0.2) is 0 Å². The molecule has 0 bridgehead atoms. The number of para-hydroxylation sites is 1. The molecule has 2 amide bonds. The fraction of sp³-hybridized carbons (Fsp3) is 0.348. The number of rotatable bonds is 4. The lowest BCUT2D eigenvalue weighted by Gasteiger charge is -2.38. The quantitative estimate of drug-likeness (QED) is 0.637. The predicted molar refractivity (Wildman–Crippen MR) is 131 cm³/mol. The average molecular weight is 489 g/mol. The molecule has 0 saturated carbocycles. The summed E-state index contributed by atoms with van der Waals surface area (Å²) in [5, 5.41) is 6.49. The molecule has 8 nitrogen and oxygen atoms in total. The van der Waals surface area contributed by atoms with Crippen molar-refractivity contribution in [2.45, 2.75) is 13.8 Å². The van der Waals surface area contributed by atoms with Gasteiger partial charge >= 0.3 is 0 Å². The Kier molecular flexibility index (Phi) is 6.90. The molecule has 1 saturated heterocycles. The van der Waals surface area contributed by atoms with E-state index in [4.69, 9.17) is 33.3 Å². The Morgan fingerprint density at radius 1 is 1.06 bits per heavy atom. The average Bonchev–Trinajstić information content (AvgIpc) is 3.27. The van der Waals surface area contributed by atoms with Gasteiger partial charge in [0.15, 0.2) is 16.6 Å². The van der Waals surface area contributed by atoms with Crippen molar-refractivity contribution in [2.24, 2.45) is 5.92 Å². The molecule has 174 valence electrons. The summed E-state index contributed by atoms with van der Waals surface area (Å²) >= 11 is 11.9. The van der Waals surface area contributed by atoms with Crippen LogP contribution in [-0.2, 0) is 4.79 Å². The third-order valence-electron chi connectivity index (χ3n) is 5.50. The van der Waals surface area contributed by atoms with E-state index in [-0.39, 0.29) is 29.6 Å². The molecule has 2 aliphatic rings.